The van der Waals surface area contributed by atoms with Gasteiger partial charge in [0.2, 0.25) is 0 Å². The Kier molecular flexibility index (Phi) is 58.7. The Morgan fingerprint density at radius 1 is 0.292 bits per heavy atom. The molecule has 0 N–H and O–H groups in total. The van der Waals surface area contributed by atoms with Crippen LogP contribution in [0, 0.1) is 0 Å². The Balaban J connectivity index is 4.27. The van der Waals surface area contributed by atoms with E-state index in [1.165, 1.54) is 212 Å². The third kappa shape index (κ3) is 58.3. The van der Waals surface area contributed by atoms with E-state index in [0.29, 0.717) is 19.3 Å². The van der Waals surface area contributed by atoms with Crippen molar-refractivity contribution in [1.29, 1.82) is 0 Å². The molecule has 0 aliphatic rings. The molecule has 0 spiro atoms. The topological polar surface area (TPSA) is 78.9 Å². The predicted molar refractivity (Wildman–Crippen MR) is 312 cm³/mol. The number of allylic oxidation sites excluding steroid dienone is 8. The fourth-order valence-electron chi connectivity index (χ4n) is 9.38. The summed E-state index contributed by atoms with van der Waals surface area (Å²) in [5.41, 5.74) is 0. The van der Waals surface area contributed by atoms with E-state index in [1.54, 1.807) is 0 Å². The Morgan fingerprint density at radius 2 is 0.542 bits per heavy atom. The third-order valence-electron chi connectivity index (χ3n) is 14.1. The molecule has 72 heavy (non-hydrogen) atoms. The highest BCUT2D eigenvalue weighted by molar-refractivity contribution is 5.71. The molecule has 0 aliphatic heterocycles. The molecular weight excluding hydrogens is 889 g/mol. The molecular formula is C66H120O6. The molecule has 0 saturated carbocycles. The number of carbonyl (C=O) groups is 3. The van der Waals surface area contributed by atoms with Gasteiger partial charge in [0, 0.05) is 19.3 Å². The average molecular weight is 1010 g/mol. The maximum absolute atomic E-state index is 12.9. The van der Waals surface area contributed by atoms with E-state index < -0.39 is 6.10 Å². The van der Waals surface area contributed by atoms with Gasteiger partial charge in [-0.1, -0.05) is 307 Å². The second-order valence-corrected chi connectivity index (χ2v) is 21.3. The fourth-order valence-corrected chi connectivity index (χ4v) is 9.38. The molecule has 0 amide bonds. The minimum atomic E-state index is -0.771. The number of rotatable bonds is 58. The summed E-state index contributed by atoms with van der Waals surface area (Å²) in [5.74, 6) is -0.851. The molecule has 0 aliphatic carbocycles. The van der Waals surface area contributed by atoms with Crippen molar-refractivity contribution in [1.82, 2.24) is 0 Å². The maximum Gasteiger partial charge on any atom is 0.306 e. The van der Waals surface area contributed by atoms with E-state index in [4.69, 9.17) is 14.2 Å². The SMILES string of the molecule is CC/C=C\C/C=C\C/C=C\C/C=C\CCCCCCCCCCCCC(=O)OCC(COC(=O)CCCCCCCCCCCCCC)OC(=O)CCCCCCCCCCCCCCCCCCCCC. The highest BCUT2D eigenvalue weighted by atomic mass is 16.6. The zero-order valence-corrected chi connectivity index (χ0v) is 48.2. The molecule has 0 heterocycles. The normalized spacial score (nSPS) is 12.3. The van der Waals surface area contributed by atoms with Crippen molar-refractivity contribution >= 4 is 17.9 Å². The van der Waals surface area contributed by atoms with Crippen molar-refractivity contribution in [2.75, 3.05) is 13.2 Å². The Morgan fingerprint density at radius 3 is 0.847 bits per heavy atom. The number of unbranched alkanes of at least 4 members (excludes halogenated alkanes) is 39. The highest BCUT2D eigenvalue weighted by Crippen LogP contribution is 2.18. The Bertz CT molecular complexity index is 1250. The van der Waals surface area contributed by atoms with Crippen LogP contribution in [-0.4, -0.2) is 37.2 Å². The third-order valence-corrected chi connectivity index (χ3v) is 14.1. The van der Waals surface area contributed by atoms with Crippen molar-refractivity contribution in [3.63, 3.8) is 0 Å². The van der Waals surface area contributed by atoms with Gasteiger partial charge >= 0.3 is 17.9 Å². The smallest absolute Gasteiger partial charge is 0.306 e. The predicted octanol–water partition coefficient (Wildman–Crippen LogP) is 21.4. The first-order valence-corrected chi connectivity index (χ1v) is 31.6. The Hall–Kier alpha value is -2.63. The van der Waals surface area contributed by atoms with Crippen LogP contribution < -0.4 is 0 Å². The molecule has 1 unspecified atom stereocenters. The number of hydrogen-bond acceptors (Lipinski definition) is 6. The summed E-state index contributed by atoms with van der Waals surface area (Å²) in [5, 5.41) is 0. The molecule has 0 aromatic rings. The molecule has 6 heteroatoms. The second kappa shape index (κ2) is 60.9. The van der Waals surface area contributed by atoms with Crippen molar-refractivity contribution < 1.29 is 28.6 Å². The van der Waals surface area contributed by atoms with E-state index in [2.05, 4.69) is 69.4 Å². The summed E-state index contributed by atoms with van der Waals surface area (Å²) in [6.45, 7) is 6.58. The summed E-state index contributed by atoms with van der Waals surface area (Å²) in [6.07, 6.45) is 75.4. The van der Waals surface area contributed by atoms with Gasteiger partial charge in [-0.25, -0.2) is 0 Å². The molecule has 0 aromatic heterocycles. The van der Waals surface area contributed by atoms with Gasteiger partial charge < -0.3 is 14.2 Å². The van der Waals surface area contributed by atoms with Gasteiger partial charge in [-0.15, -0.1) is 0 Å². The largest absolute Gasteiger partial charge is 0.462 e. The van der Waals surface area contributed by atoms with Crippen molar-refractivity contribution in [3.05, 3.63) is 48.6 Å². The lowest BCUT2D eigenvalue weighted by Crippen LogP contribution is -2.30. The van der Waals surface area contributed by atoms with E-state index in [0.717, 1.165) is 83.5 Å². The van der Waals surface area contributed by atoms with Crippen LogP contribution in [0.15, 0.2) is 48.6 Å². The molecule has 0 fully saturated rings. The van der Waals surface area contributed by atoms with Gasteiger partial charge in [0.15, 0.2) is 6.10 Å². The molecule has 0 bridgehead atoms. The maximum atomic E-state index is 12.9. The standard InChI is InChI=1S/C66H120O6/c1-4-7-10-13-16-19-22-25-27-29-31-32-33-34-36-37-39-41-44-47-50-53-56-59-65(68)71-62-63(61-70-64(67)58-55-52-49-46-43-24-21-18-15-12-9-6-3)72-66(69)60-57-54-51-48-45-42-40-38-35-30-28-26-23-20-17-14-11-8-5-2/h7,10,16,19,25,27,31-32,63H,4-6,8-9,11-15,17-18,20-24,26,28-30,33-62H2,1-3H3/b10-7-,19-16-,27-25-,32-31-. The van der Waals surface area contributed by atoms with E-state index in [9.17, 15) is 14.4 Å². The van der Waals surface area contributed by atoms with Crippen LogP contribution in [0.3, 0.4) is 0 Å². The molecule has 6 nitrogen and oxygen atoms in total. The summed E-state index contributed by atoms with van der Waals surface area (Å²) < 4.78 is 16.9. The number of hydrogen-bond donors (Lipinski definition) is 0. The summed E-state index contributed by atoms with van der Waals surface area (Å²) >= 11 is 0. The molecule has 0 rings (SSSR count). The van der Waals surface area contributed by atoms with Crippen molar-refractivity contribution in [2.24, 2.45) is 0 Å². The fraction of sp³-hybridized carbons (Fsp3) is 0.833. The van der Waals surface area contributed by atoms with Crippen LogP contribution in [0.5, 0.6) is 0 Å². The minimum absolute atomic E-state index is 0.0689. The lowest BCUT2D eigenvalue weighted by Gasteiger charge is -2.18. The highest BCUT2D eigenvalue weighted by Gasteiger charge is 2.19. The van der Waals surface area contributed by atoms with Crippen LogP contribution in [0.25, 0.3) is 0 Å². The summed E-state index contributed by atoms with van der Waals surface area (Å²) in [4.78, 5) is 38.3. The van der Waals surface area contributed by atoms with Crippen LogP contribution >= 0.6 is 0 Å². The van der Waals surface area contributed by atoms with E-state index >= 15 is 0 Å². The number of esters is 3. The minimum Gasteiger partial charge on any atom is -0.462 e. The number of ether oxygens (including phenoxy) is 3. The lowest BCUT2D eigenvalue weighted by atomic mass is 10.0. The van der Waals surface area contributed by atoms with Gasteiger partial charge in [0.05, 0.1) is 0 Å². The van der Waals surface area contributed by atoms with Crippen molar-refractivity contribution in [2.45, 2.75) is 341 Å². The molecule has 0 radical (unpaired) electrons. The molecule has 1 atom stereocenters. The van der Waals surface area contributed by atoms with Gasteiger partial charge in [0.1, 0.15) is 13.2 Å². The van der Waals surface area contributed by atoms with Crippen molar-refractivity contribution in [3.8, 4) is 0 Å². The molecule has 0 saturated heterocycles. The van der Waals surface area contributed by atoms with Crippen LogP contribution in [-0.2, 0) is 28.6 Å². The average Bonchev–Trinajstić information content (AvgIpc) is 3.38. The number of carbonyl (C=O) groups excluding carboxylic acids is 3. The van der Waals surface area contributed by atoms with Crippen LogP contribution in [0.4, 0.5) is 0 Å². The molecule has 0 aromatic carbocycles. The Labute approximate surface area is 448 Å². The first kappa shape index (κ1) is 69.4. The molecule has 420 valence electrons. The first-order chi connectivity index (χ1) is 35.5. The van der Waals surface area contributed by atoms with Gasteiger partial charge in [-0.3, -0.25) is 14.4 Å². The zero-order valence-electron chi connectivity index (χ0n) is 48.2. The van der Waals surface area contributed by atoms with Gasteiger partial charge in [-0.2, -0.15) is 0 Å². The zero-order chi connectivity index (χ0) is 52.2. The second-order valence-electron chi connectivity index (χ2n) is 21.3. The first-order valence-electron chi connectivity index (χ1n) is 31.6. The van der Waals surface area contributed by atoms with Gasteiger partial charge in [0.25, 0.3) is 0 Å². The van der Waals surface area contributed by atoms with E-state index in [-0.39, 0.29) is 31.1 Å². The summed E-state index contributed by atoms with van der Waals surface area (Å²) in [6, 6.07) is 0. The lowest BCUT2D eigenvalue weighted by molar-refractivity contribution is -0.167. The van der Waals surface area contributed by atoms with Crippen LogP contribution in [0.2, 0.25) is 0 Å². The quantitative estimate of drug-likeness (QED) is 0.0261. The van der Waals surface area contributed by atoms with Crippen LogP contribution in [0.1, 0.15) is 335 Å². The van der Waals surface area contributed by atoms with E-state index in [1.807, 2.05) is 0 Å². The monoisotopic (exact) mass is 1010 g/mol. The van der Waals surface area contributed by atoms with Gasteiger partial charge in [-0.05, 0) is 57.8 Å². The summed E-state index contributed by atoms with van der Waals surface area (Å²) in [7, 11) is 0.